The van der Waals surface area contributed by atoms with Crippen LogP contribution in [-0.2, 0) is 39.8 Å². The normalized spacial score (nSPS) is 17.0. The minimum atomic E-state index is -4.67. The van der Waals surface area contributed by atoms with Gasteiger partial charge in [-0.3, -0.25) is 9.88 Å². The van der Waals surface area contributed by atoms with Gasteiger partial charge >= 0.3 is 12.3 Å². The van der Waals surface area contributed by atoms with Crippen molar-refractivity contribution in [2.24, 2.45) is 0 Å². The predicted octanol–water partition coefficient (Wildman–Crippen LogP) is 8.52. The van der Waals surface area contributed by atoms with Gasteiger partial charge in [-0.25, -0.2) is 29.1 Å². The van der Waals surface area contributed by atoms with Gasteiger partial charge in [0.2, 0.25) is 11.8 Å². The number of halogens is 4. The second-order valence-electron chi connectivity index (χ2n) is 18.1. The number of anilines is 4. The Balaban J connectivity index is 0.762. The third-order valence-corrected chi connectivity index (χ3v) is 12.9. The van der Waals surface area contributed by atoms with Gasteiger partial charge in [-0.05, 0) is 107 Å². The number of carbonyl (C=O) groups is 1. The second-order valence-corrected chi connectivity index (χ2v) is 18.1. The van der Waals surface area contributed by atoms with Crippen molar-refractivity contribution < 1.29 is 46.4 Å². The van der Waals surface area contributed by atoms with Gasteiger partial charge in [0.15, 0.2) is 5.65 Å². The first-order chi connectivity index (χ1) is 35.3. The molecule has 3 N–H and O–H groups in total. The number of alkyl halides is 4. The van der Waals surface area contributed by atoms with Crippen molar-refractivity contribution in [3.8, 4) is 17.0 Å². The Hall–Kier alpha value is -6.78. The zero-order valence-electron chi connectivity index (χ0n) is 41.4. The Morgan fingerprint density at radius 2 is 1.75 bits per heavy atom. The highest BCUT2D eigenvalue weighted by atomic mass is 19.4. The van der Waals surface area contributed by atoms with Crippen molar-refractivity contribution in [2.75, 3.05) is 73.2 Å². The summed E-state index contributed by atoms with van der Waals surface area (Å²) in [5.74, 6) is 2.51. The summed E-state index contributed by atoms with van der Waals surface area (Å²) in [6, 6.07) is 10.7. The van der Waals surface area contributed by atoms with Crippen LogP contribution in [0, 0.1) is 6.92 Å². The van der Waals surface area contributed by atoms with Crippen molar-refractivity contribution in [3.63, 3.8) is 0 Å². The number of piperidine rings is 1. The first-order valence-electron chi connectivity index (χ1n) is 24.8. The van der Waals surface area contributed by atoms with Crippen LogP contribution in [0.15, 0.2) is 67.3 Å². The molecule has 2 fully saturated rings. The summed E-state index contributed by atoms with van der Waals surface area (Å²) in [5, 5.41) is 21.0. The van der Waals surface area contributed by atoms with E-state index < -0.39 is 36.2 Å². The first kappa shape index (κ1) is 52.5. The number of amides is 1. The lowest BCUT2D eigenvalue weighted by atomic mass is 9.99. The fourth-order valence-corrected chi connectivity index (χ4v) is 8.94. The molecule has 0 spiro atoms. The van der Waals surface area contributed by atoms with Gasteiger partial charge < -0.3 is 39.6 Å². The lowest BCUT2D eigenvalue weighted by molar-refractivity contribution is -0.141. The molecule has 0 radical (unpaired) electrons. The van der Waals surface area contributed by atoms with Gasteiger partial charge in [0.25, 0.3) is 0 Å². The molecule has 8 rings (SSSR count). The number of carbonyl (C=O) groups excluding carboxylic acids is 1. The number of aliphatic hydroxyl groups is 1. The molecule has 0 saturated carbocycles. The molecule has 0 aliphatic carbocycles. The lowest BCUT2D eigenvalue weighted by Gasteiger charge is -2.36. The standard InChI is InChI=1S/C51H62F4N12O6/c1-5-36-29-60-67-45(26-46(63-48(36)67)65-16-7-6-10-39(65)14-17-68)58-27-35-11-12-47(59-28-35)72-22-21-71-20-19-70-18-8-9-38-24-37(25-43(62-38)51(53,54)55)40-30-57-41(23-32(40)2)34(4)61-49-56-15-13-44(64-49)66-42(33(3)52)31-73-50(66)69/h11-13,15,23-26,28-30,33-34,39,42,58,68H,5-10,14,16-22,27,31H2,1-4H3,(H,56,61,64)/t33-,34-,39-,42+/m0/s1. The van der Waals surface area contributed by atoms with Gasteiger partial charge in [0.1, 0.15) is 48.6 Å². The van der Waals surface area contributed by atoms with E-state index in [0.29, 0.717) is 74.1 Å². The van der Waals surface area contributed by atoms with Crippen LogP contribution in [0.25, 0.3) is 16.8 Å². The summed E-state index contributed by atoms with van der Waals surface area (Å²) in [6.07, 6.45) is 5.33. The fourth-order valence-electron chi connectivity index (χ4n) is 8.94. The van der Waals surface area contributed by atoms with Crippen LogP contribution >= 0.6 is 0 Å². The van der Waals surface area contributed by atoms with E-state index in [1.54, 1.807) is 25.3 Å². The van der Waals surface area contributed by atoms with E-state index in [1.807, 2.05) is 35.8 Å². The largest absolute Gasteiger partial charge is 0.475 e. The quantitative estimate of drug-likeness (QED) is 0.0385. The van der Waals surface area contributed by atoms with Gasteiger partial charge in [0, 0.05) is 79.9 Å². The molecule has 1 amide bonds. The maximum absolute atomic E-state index is 14.2. The smallest absolute Gasteiger partial charge is 0.433 e. The number of aryl methyl sites for hydroxylation is 3. The first-order valence-corrected chi connectivity index (χ1v) is 24.8. The summed E-state index contributed by atoms with van der Waals surface area (Å²) >= 11 is 0. The monoisotopic (exact) mass is 1010 g/mol. The molecule has 2 aliphatic heterocycles. The molecule has 0 unspecified atom stereocenters. The van der Waals surface area contributed by atoms with Crippen LogP contribution in [0.4, 0.5) is 45.8 Å². The summed E-state index contributed by atoms with van der Waals surface area (Å²) in [5.41, 5.74) is 4.21. The summed E-state index contributed by atoms with van der Waals surface area (Å²) < 4.78 is 80.5. The van der Waals surface area contributed by atoms with Crippen LogP contribution in [0.5, 0.6) is 5.88 Å². The Kier molecular flexibility index (Phi) is 17.5. The van der Waals surface area contributed by atoms with Crippen molar-refractivity contribution >= 4 is 35.1 Å². The molecule has 2 aliphatic rings. The molecule has 0 bridgehead atoms. The lowest BCUT2D eigenvalue weighted by Crippen LogP contribution is -2.40. The van der Waals surface area contributed by atoms with Crippen LogP contribution in [-0.4, -0.2) is 122 Å². The predicted molar refractivity (Wildman–Crippen MR) is 266 cm³/mol. The van der Waals surface area contributed by atoms with E-state index in [2.05, 4.69) is 52.5 Å². The topological polar surface area (TPSA) is 199 Å². The molecule has 0 aromatic carbocycles. The fraction of sp³-hybridized carbons (Fsp3) is 0.490. The number of hydrogen-bond acceptors (Lipinski definition) is 16. The average molecular weight is 1020 g/mol. The Bertz CT molecular complexity index is 2780. The van der Waals surface area contributed by atoms with E-state index in [0.717, 1.165) is 71.6 Å². The zero-order valence-corrected chi connectivity index (χ0v) is 41.4. The van der Waals surface area contributed by atoms with E-state index >= 15 is 0 Å². The number of aromatic nitrogens is 8. The highest BCUT2D eigenvalue weighted by Gasteiger charge is 2.39. The number of pyridine rings is 3. The highest BCUT2D eigenvalue weighted by molar-refractivity contribution is 5.89. The minimum absolute atomic E-state index is 0.0972. The third-order valence-electron chi connectivity index (χ3n) is 12.9. The van der Waals surface area contributed by atoms with Gasteiger partial charge in [-0.2, -0.15) is 27.8 Å². The van der Waals surface area contributed by atoms with E-state index in [4.69, 9.17) is 23.9 Å². The molecule has 8 heterocycles. The molecular weight excluding hydrogens is 953 g/mol. The Morgan fingerprint density at radius 1 is 0.932 bits per heavy atom. The van der Waals surface area contributed by atoms with E-state index in [9.17, 15) is 27.5 Å². The number of fused-ring (bicyclic) bond motifs is 1. The molecule has 22 heteroatoms. The molecule has 2 saturated heterocycles. The number of ether oxygens (including phenoxy) is 4. The number of cyclic esters (lactones) is 1. The van der Waals surface area contributed by atoms with Crippen LogP contribution in [0.2, 0.25) is 0 Å². The van der Waals surface area contributed by atoms with Crippen LogP contribution in [0.3, 0.4) is 0 Å². The molecule has 390 valence electrons. The third kappa shape index (κ3) is 13.3. The molecule has 73 heavy (non-hydrogen) atoms. The van der Waals surface area contributed by atoms with Crippen LogP contribution in [0.1, 0.15) is 92.7 Å². The SMILES string of the molecule is CCc1cnn2c(NCc3ccc(OCCOCCOCCCc4cc(-c5cnc([C@H](C)Nc6nccc(N7C(=O)OC[C@@H]7[C@H](C)F)n6)cc5C)cc(C(F)(F)F)n4)nc3)cc(N3CCCC[C@H]3CCO)nc12. The number of nitrogens with one attached hydrogen (secondary N) is 2. The maximum atomic E-state index is 14.2. The summed E-state index contributed by atoms with van der Waals surface area (Å²) in [4.78, 5) is 42.4. The van der Waals surface area contributed by atoms with Crippen molar-refractivity contribution in [1.82, 2.24) is 39.5 Å². The van der Waals surface area contributed by atoms with Gasteiger partial charge in [0.05, 0.1) is 37.8 Å². The average Bonchev–Trinajstić information content (AvgIpc) is 4.00. The molecular formula is C51H62F4N12O6. The van der Waals surface area contributed by atoms with Crippen molar-refractivity contribution in [2.45, 2.75) is 110 Å². The molecule has 6 aromatic heterocycles. The van der Waals surface area contributed by atoms with E-state index in [1.165, 1.54) is 25.4 Å². The molecule has 18 nitrogen and oxygen atoms in total. The second kappa shape index (κ2) is 24.3. The van der Waals surface area contributed by atoms with Gasteiger partial charge in [-0.15, -0.1) is 0 Å². The number of nitrogens with zero attached hydrogens (tertiary/aromatic N) is 10. The summed E-state index contributed by atoms with van der Waals surface area (Å²) in [7, 11) is 0. The number of aliphatic hydroxyl groups excluding tert-OH is 1. The van der Waals surface area contributed by atoms with Crippen LogP contribution < -0.4 is 25.2 Å². The number of rotatable bonds is 24. The summed E-state index contributed by atoms with van der Waals surface area (Å²) in [6.45, 7) is 9.95. The minimum Gasteiger partial charge on any atom is -0.475 e. The zero-order chi connectivity index (χ0) is 51.5. The highest BCUT2D eigenvalue weighted by Crippen LogP contribution is 2.34. The Morgan fingerprint density at radius 3 is 2.51 bits per heavy atom. The molecule has 6 aromatic rings. The van der Waals surface area contributed by atoms with Crippen molar-refractivity contribution in [3.05, 3.63) is 101 Å². The van der Waals surface area contributed by atoms with Gasteiger partial charge in [-0.1, -0.05) is 13.0 Å². The number of hydrogen-bond donors (Lipinski definition) is 3. The molecule has 4 atom stereocenters. The Labute approximate surface area is 420 Å². The van der Waals surface area contributed by atoms with E-state index in [-0.39, 0.29) is 49.7 Å². The van der Waals surface area contributed by atoms with Crippen molar-refractivity contribution in [1.29, 1.82) is 0 Å². The maximum Gasteiger partial charge on any atom is 0.433 e.